The number of aromatic nitrogens is 3. The average molecular weight is 363 g/mol. The number of halogens is 1. The van der Waals surface area contributed by atoms with Crippen LogP contribution in [0.5, 0.6) is 0 Å². The van der Waals surface area contributed by atoms with Gasteiger partial charge in [-0.1, -0.05) is 43.1 Å². The minimum atomic E-state index is 0.491. The van der Waals surface area contributed by atoms with Gasteiger partial charge in [0.25, 0.3) is 0 Å². The van der Waals surface area contributed by atoms with Gasteiger partial charge in [0, 0.05) is 25.2 Å². The summed E-state index contributed by atoms with van der Waals surface area (Å²) in [5.41, 5.74) is 1.13. The first-order chi connectivity index (χ1) is 12.1. The Morgan fingerprint density at radius 2 is 1.96 bits per heavy atom. The van der Waals surface area contributed by atoms with Gasteiger partial charge in [-0.3, -0.25) is 0 Å². The molecule has 25 heavy (non-hydrogen) atoms. The molecule has 1 aromatic heterocycles. The fraction of sp³-hybridized carbons (Fsp3) is 0.500. The molecule has 0 aliphatic heterocycles. The third-order valence-corrected chi connectivity index (χ3v) is 4.40. The molecule has 0 aliphatic carbocycles. The van der Waals surface area contributed by atoms with Crippen molar-refractivity contribution in [3.8, 4) is 0 Å². The van der Waals surface area contributed by atoms with E-state index in [1.807, 2.05) is 42.8 Å². The number of rotatable bonds is 8. The number of hydrogen-bond acceptors (Lipinski definition) is 3. The summed E-state index contributed by atoms with van der Waals surface area (Å²) in [6.45, 7) is 6.25. The van der Waals surface area contributed by atoms with Crippen LogP contribution in [0.15, 0.2) is 29.3 Å². The van der Waals surface area contributed by atoms with E-state index in [2.05, 4.69) is 32.7 Å². The van der Waals surface area contributed by atoms with Crippen molar-refractivity contribution >= 4 is 17.6 Å². The van der Waals surface area contributed by atoms with Crippen LogP contribution in [0.25, 0.3) is 0 Å². The van der Waals surface area contributed by atoms with E-state index in [-0.39, 0.29) is 0 Å². The molecule has 0 saturated heterocycles. The topological polar surface area (TPSA) is 67.1 Å². The summed E-state index contributed by atoms with van der Waals surface area (Å²) in [5.74, 6) is 2.53. The summed E-state index contributed by atoms with van der Waals surface area (Å²) in [6, 6.07) is 7.92. The highest BCUT2D eigenvalue weighted by molar-refractivity contribution is 6.31. The maximum atomic E-state index is 6.21. The lowest BCUT2D eigenvalue weighted by Gasteiger charge is -2.13. The highest BCUT2D eigenvalue weighted by Gasteiger charge is 2.05. The SMILES string of the molecule is CCCCNC(=NCc1nnc(C)n1C)NCCc1ccccc1Cl. The Labute approximate surface area is 154 Å². The average Bonchev–Trinajstić information content (AvgIpc) is 2.93. The second kappa shape index (κ2) is 10.0. The number of benzene rings is 1. The first-order valence-corrected chi connectivity index (χ1v) is 9.10. The molecule has 1 heterocycles. The molecule has 2 aromatic rings. The molecule has 0 aliphatic rings. The van der Waals surface area contributed by atoms with Gasteiger partial charge in [-0.05, 0) is 31.4 Å². The standard InChI is InChI=1S/C18H27ClN6/c1-4-5-11-20-18(22-13-17-24-23-14(2)25(17)3)21-12-10-15-8-6-7-9-16(15)19/h6-9H,4-5,10-13H2,1-3H3,(H2,20,21,22). The van der Waals surface area contributed by atoms with E-state index in [4.69, 9.17) is 11.6 Å². The summed E-state index contributed by atoms with van der Waals surface area (Å²) in [5, 5.41) is 15.8. The third-order valence-electron chi connectivity index (χ3n) is 4.03. The predicted molar refractivity (Wildman–Crippen MR) is 103 cm³/mol. The van der Waals surface area contributed by atoms with Crippen molar-refractivity contribution in [3.05, 3.63) is 46.5 Å². The van der Waals surface area contributed by atoms with Gasteiger partial charge in [-0.25, -0.2) is 4.99 Å². The van der Waals surface area contributed by atoms with Crippen LogP contribution in [-0.2, 0) is 20.0 Å². The highest BCUT2D eigenvalue weighted by atomic mass is 35.5. The fourth-order valence-electron chi connectivity index (χ4n) is 2.31. The Morgan fingerprint density at radius 3 is 2.64 bits per heavy atom. The van der Waals surface area contributed by atoms with Gasteiger partial charge in [0.15, 0.2) is 11.8 Å². The van der Waals surface area contributed by atoms with Crippen LogP contribution in [-0.4, -0.2) is 33.8 Å². The van der Waals surface area contributed by atoms with Crippen LogP contribution in [0, 0.1) is 6.92 Å². The van der Waals surface area contributed by atoms with Crippen molar-refractivity contribution in [3.63, 3.8) is 0 Å². The Kier molecular flexibility index (Phi) is 7.73. The Bertz CT molecular complexity index is 695. The second-order valence-electron chi connectivity index (χ2n) is 5.94. The number of unbranched alkanes of at least 4 members (excludes halogenated alkanes) is 1. The summed E-state index contributed by atoms with van der Waals surface area (Å²) in [4.78, 5) is 4.63. The van der Waals surface area contributed by atoms with Crippen molar-refractivity contribution in [2.45, 2.75) is 39.7 Å². The van der Waals surface area contributed by atoms with Gasteiger partial charge in [-0.2, -0.15) is 0 Å². The van der Waals surface area contributed by atoms with Crippen LogP contribution in [0.4, 0.5) is 0 Å². The van der Waals surface area contributed by atoms with Crippen LogP contribution in [0.2, 0.25) is 5.02 Å². The first kappa shape index (κ1) is 19.2. The van der Waals surface area contributed by atoms with Gasteiger partial charge in [0.05, 0.1) is 0 Å². The van der Waals surface area contributed by atoms with Crippen molar-refractivity contribution in [1.82, 2.24) is 25.4 Å². The van der Waals surface area contributed by atoms with Crippen LogP contribution in [0.1, 0.15) is 37.0 Å². The van der Waals surface area contributed by atoms with E-state index in [9.17, 15) is 0 Å². The zero-order valence-corrected chi connectivity index (χ0v) is 16.0. The molecule has 0 bridgehead atoms. The lowest BCUT2D eigenvalue weighted by atomic mass is 10.1. The van der Waals surface area contributed by atoms with Crippen molar-refractivity contribution in [2.75, 3.05) is 13.1 Å². The van der Waals surface area contributed by atoms with Gasteiger partial charge >= 0.3 is 0 Å². The number of guanidine groups is 1. The molecule has 0 atom stereocenters. The number of aliphatic imine (C=N–C) groups is 1. The van der Waals surface area contributed by atoms with E-state index in [1.165, 1.54) is 0 Å². The number of aryl methyl sites for hydroxylation is 1. The fourth-order valence-corrected chi connectivity index (χ4v) is 2.54. The largest absolute Gasteiger partial charge is 0.356 e. The van der Waals surface area contributed by atoms with E-state index in [0.29, 0.717) is 6.54 Å². The summed E-state index contributed by atoms with van der Waals surface area (Å²) in [6.07, 6.45) is 3.09. The van der Waals surface area contributed by atoms with Gasteiger partial charge in [0.1, 0.15) is 12.4 Å². The lowest BCUT2D eigenvalue weighted by Crippen LogP contribution is -2.39. The molecule has 7 heteroatoms. The monoisotopic (exact) mass is 362 g/mol. The molecular weight excluding hydrogens is 336 g/mol. The second-order valence-corrected chi connectivity index (χ2v) is 6.34. The van der Waals surface area contributed by atoms with E-state index < -0.39 is 0 Å². The van der Waals surface area contributed by atoms with Crippen molar-refractivity contribution in [1.29, 1.82) is 0 Å². The molecule has 1 aromatic carbocycles. The smallest absolute Gasteiger partial charge is 0.191 e. The maximum absolute atomic E-state index is 6.21. The summed E-state index contributed by atoms with van der Waals surface area (Å²) >= 11 is 6.21. The van der Waals surface area contributed by atoms with Crippen molar-refractivity contribution in [2.24, 2.45) is 12.0 Å². The molecule has 0 unspecified atom stereocenters. The zero-order valence-electron chi connectivity index (χ0n) is 15.2. The molecular formula is C18H27ClN6. The normalized spacial score (nSPS) is 11.6. The predicted octanol–water partition coefficient (Wildman–Crippen LogP) is 2.85. The number of nitrogens with zero attached hydrogens (tertiary/aromatic N) is 4. The zero-order chi connectivity index (χ0) is 18.1. The van der Waals surface area contributed by atoms with E-state index in [0.717, 1.165) is 60.5 Å². The highest BCUT2D eigenvalue weighted by Crippen LogP contribution is 2.14. The van der Waals surface area contributed by atoms with Crippen LogP contribution < -0.4 is 10.6 Å². The molecule has 136 valence electrons. The molecule has 0 spiro atoms. The number of hydrogen-bond donors (Lipinski definition) is 2. The lowest BCUT2D eigenvalue weighted by molar-refractivity contribution is 0.714. The molecule has 6 nitrogen and oxygen atoms in total. The molecule has 0 fully saturated rings. The minimum Gasteiger partial charge on any atom is -0.356 e. The maximum Gasteiger partial charge on any atom is 0.191 e. The first-order valence-electron chi connectivity index (χ1n) is 8.72. The summed E-state index contributed by atoms with van der Waals surface area (Å²) in [7, 11) is 1.95. The Morgan fingerprint density at radius 1 is 1.20 bits per heavy atom. The molecule has 0 saturated carbocycles. The Hall–Kier alpha value is -2.08. The number of nitrogens with one attached hydrogen (secondary N) is 2. The van der Waals surface area contributed by atoms with E-state index >= 15 is 0 Å². The van der Waals surface area contributed by atoms with Crippen molar-refractivity contribution < 1.29 is 0 Å². The van der Waals surface area contributed by atoms with Gasteiger partial charge in [-0.15, -0.1) is 10.2 Å². The van der Waals surface area contributed by atoms with E-state index in [1.54, 1.807) is 0 Å². The quantitative estimate of drug-likeness (QED) is 0.430. The van der Waals surface area contributed by atoms with Crippen LogP contribution in [0.3, 0.4) is 0 Å². The molecule has 2 N–H and O–H groups in total. The summed E-state index contributed by atoms with van der Waals surface area (Å²) < 4.78 is 1.96. The van der Waals surface area contributed by atoms with Gasteiger partial charge < -0.3 is 15.2 Å². The van der Waals surface area contributed by atoms with Crippen LogP contribution >= 0.6 is 11.6 Å². The minimum absolute atomic E-state index is 0.491. The van der Waals surface area contributed by atoms with Gasteiger partial charge in [0.2, 0.25) is 0 Å². The Balaban J connectivity index is 1.93. The third kappa shape index (κ3) is 6.05. The molecule has 2 rings (SSSR count). The molecule has 0 amide bonds. The molecule has 0 radical (unpaired) electrons.